The quantitative estimate of drug-likeness (QED) is 0.470. The highest BCUT2D eigenvalue weighted by Gasteiger charge is 2.40. The zero-order valence-corrected chi connectivity index (χ0v) is 22.6. The first kappa shape index (κ1) is 25.7. The molecule has 1 spiro atoms. The van der Waals surface area contributed by atoms with Gasteiger partial charge in [-0.25, -0.2) is 19.4 Å². The summed E-state index contributed by atoms with van der Waals surface area (Å²) < 4.78 is 14.4. The lowest BCUT2D eigenvalue weighted by Gasteiger charge is -2.36. The predicted octanol–water partition coefficient (Wildman–Crippen LogP) is 4.00. The number of fused-ring (bicyclic) bond motifs is 3. The second-order valence-electron chi connectivity index (χ2n) is 11.6. The fraction of sp³-hybridized carbons (Fsp3) is 0.586. The average molecular weight is 549 g/mol. The summed E-state index contributed by atoms with van der Waals surface area (Å²) in [5.41, 5.74) is 2.18. The molecule has 5 heterocycles. The van der Waals surface area contributed by atoms with Crippen molar-refractivity contribution < 1.29 is 24.5 Å². The SMILES string of the molecule is O=C(O)N(CCO)c1ccc(-c2nc(N3CC4CCC(C3)O4)c3cnn(C4CCC5(CCCO5)CC4)c3n2)cc1. The Bertz CT molecular complexity index is 1370. The van der Waals surface area contributed by atoms with Crippen molar-refractivity contribution in [2.24, 2.45) is 0 Å². The van der Waals surface area contributed by atoms with Gasteiger partial charge in [0.25, 0.3) is 0 Å². The first-order valence-electron chi connectivity index (χ1n) is 14.5. The van der Waals surface area contributed by atoms with E-state index in [1.807, 2.05) is 18.3 Å². The molecule has 2 aromatic heterocycles. The smallest absolute Gasteiger partial charge is 0.411 e. The van der Waals surface area contributed by atoms with Crippen molar-refractivity contribution >= 4 is 28.6 Å². The molecule has 1 aliphatic carbocycles. The fourth-order valence-electron chi connectivity index (χ4n) is 7.08. The molecular formula is C29H36N6O5. The van der Waals surface area contributed by atoms with Crippen molar-refractivity contribution in [3.63, 3.8) is 0 Å². The molecule has 4 aliphatic rings. The molecule has 0 radical (unpaired) electrons. The third kappa shape index (κ3) is 4.59. The molecule has 3 aromatic rings. The van der Waals surface area contributed by atoms with E-state index in [1.54, 1.807) is 12.1 Å². The van der Waals surface area contributed by atoms with Gasteiger partial charge in [-0.05, 0) is 75.6 Å². The van der Waals surface area contributed by atoms with E-state index in [9.17, 15) is 15.0 Å². The Morgan fingerprint density at radius 2 is 1.80 bits per heavy atom. The first-order valence-corrected chi connectivity index (χ1v) is 14.5. The van der Waals surface area contributed by atoms with Crippen molar-refractivity contribution in [1.29, 1.82) is 0 Å². The Labute approximate surface area is 232 Å². The van der Waals surface area contributed by atoms with Crippen LogP contribution in [-0.2, 0) is 9.47 Å². The monoisotopic (exact) mass is 548 g/mol. The van der Waals surface area contributed by atoms with Crippen molar-refractivity contribution in [3.05, 3.63) is 30.5 Å². The summed E-state index contributed by atoms with van der Waals surface area (Å²) >= 11 is 0. The number of anilines is 2. The van der Waals surface area contributed by atoms with E-state index >= 15 is 0 Å². The molecule has 3 aliphatic heterocycles. The summed E-state index contributed by atoms with van der Waals surface area (Å²) in [6, 6.07) is 7.42. The Balaban J connectivity index is 1.26. The molecule has 1 aromatic carbocycles. The van der Waals surface area contributed by atoms with Gasteiger partial charge in [0.2, 0.25) is 0 Å². The number of hydrogen-bond acceptors (Lipinski definition) is 8. The van der Waals surface area contributed by atoms with Gasteiger partial charge in [0.05, 0.1) is 48.6 Å². The van der Waals surface area contributed by atoms with Gasteiger partial charge >= 0.3 is 6.09 Å². The topological polar surface area (TPSA) is 126 Å². The molecule has 2 unspecified atom stereocenters. The van der Waals surface area contributed by atoms with Crippen LogP contribution in [0.15, 0.2) is 30.5 Å². The fourth-order valence-corrected chi connectivity index (χ4v) is 7.08. The number of rotatable bonds is 6. The summed E-state index contributed by atoms with van der Waals surface area (Å²) in [5, 5.41) is 24.7. The van der Waals surface area contributed by atoms with E-state index < -0.39 is 6.09 Å². The number of ether oxygens (including phenoxy) is 2. The van der Waals surface area contributed by atoms with Crippen LogP contribution in [0.5, 0.6) is 0 Å². The molecule has 7 rings (SSSR count). The highest BCUT2D eigenvalue weighted by molar-refractivity contribution is 5.89. The molecule has 1 saturated carbocycles. The summed E-state index contributed by atoms with van der Waals surface area (Å²) in [4.78, 5) is 25.2. The Kier molecular flexibility index (Phi) is 6.60. The maximum atomic E-state index is 11.7. The second kappa shape index (κ2) is 10.3. The lowest BCUT2D eigenvalue weighted by atomic mass is 9.80. The van der Waals surface area contributed by atoms with E-state index in [0.29, 0.717) is 11.5 Å². The minimum atomic E-state index is -1.11. The highest BCUT2D eigenvalue weighted by Crippen LogP contribution is 2.44. The molecule has 4 fully saturated rings. The lowest BCUT2D eigenvalue weighted by Crippen LogP contribution is -2.43. The number of amides is 1. The van der Waals surface area contributed by atoms with Gasteiger partial charge in [-0.1, -0.05) is 0 Å². The van der Waals surface area contributed by atoms with Crippen LogP contribution in [0.3, 0.4) is 0 Å². The molecule has 2 N–H and O–H groups in total. The predicted molar refractivity (Wildman–Crippen MR) is 149 cm³/mol. The van der Waals surface area contributed by atoms with Crippen molar-refractivity contribution in [2.75, 3.05) is 42.6 Å². The molecule has 3 saturated heterocycles. The van der Waals surface area contributed by atoms with Crippen molar-refractivity contribution in [2.45, 2.75) is 75.2 Å². The first-order chi connectivity index (χ1) is 19.5. The largest absolute Gasteiger partial charge is 0.465 e. The van der Waals surface area contributed by atoms with Gasteiger partial charge in [0.1, 0.15) is 5.82 Å². The van der Waals surface area contributed by atoms with Crippen LogP contribution in [0.4, 0.5) is 16.3 Å². The lowest BCUT2D eigenvalue weighted by molar-refractivity contribution is -0.0337. The van der Waals surface area contributed by atoms with Crippen LogP contribution < -0.4 is 9.80 Å². The Hall–Kier alpha value is -3.28. The van der Waals surface area contributed by atoms with Crippen LogP contribution in [0.1, 0.15) is 57.4 Å². The van der Waals surface area contributed by atoms with Gasteiger partial charge in [0, 0.05) is 30.9 Å². The van der Waals surface area contributed by atoms with E-state index in [0.717, 1.165) is 98.4 Å². The molecule has 11 heteroatoms. The van der Waals surface area contributed by atoms with E-state index in [4.69, 9.17) is 24.5 Å². The maximum absolute atomic E-state index is 11.7. The number of carboxylic acid groups (broad SMARTS) is 1. The van der Waals surface area contributed by atoms with Gasteiger partial charge in [-0.15, -0.1) is 0 Å². The third-order valence-corrected chi connectivity index (χ3v) is 9.17. The minimum absolute atomic E-state index is 0.00749. The van der Waals surface area contributed by atoms with E-state index in [2.05, 4.69) is 9.58 Å². The van der Waals surface area contributed by atoms with Crippen LogP contribution in [-0.4, -0.2) is 86.7 Å². The number of benzene rings is 1. The Morgan fingerprint density at radius 3 is 2.45 bits per heavy atom. The number of hydrogen-bond donors (Lipinski definition) is 2. The minimum Gasteiger partial charge on any atom is -0.465 e. The third-order valence-electron chi connectivity index (χ3n) is 9.17. The molecule has 1 amide bonds. The summed E-state index contributed by atoms with van der Waals surface area (Å²) in [6.45, 7) is 2.22. The number of aliphatic hydroxyl groups excluding tert-OH is 1. The van der Waals surface area contributed by atoms with Gasteiger partial charge in [0.15, 0.2) is 11.5 Å². The number of nitrogens with zero attached hydrogens (tertiary/aromatic N) is 6. The van der Waals surface area contributed by atoms with Crippen LogP contribution in [0.25, 0.3) is 22.4 Å². The molecule has 2 bridgehead atoms. The number of aromatic nitrogens is 4. The van der Waals surface area contributed by atoms with Gasteiger partial charge in [-0.3, -0.25) is 4.90 Å². The summed E-state index contributed by atoms with van der Waals surface area (Å²) in [5.74, 6) is 1.47. The van der Waals surface area contributed by atoms with Gasteiger partial charge in [-0.2, -0.15) is 5.10 Å². The average Bonchev–Trinajstić information content (AvgIpc) is 3.70. The van der Waals surface area contributed by atoms with Gasteiger partial charge < -0.3 is 24.6 Å². The van der Waals surface area contributed by atoms with E-state index in [1.165, 1.54) is 0 Å². The zero-order valence-electron chi connectivity index (χ0n) is 22.6. The standard InChI is InChI=1S/C29H36N6O5/c36-14-13-34(28(37)38)20-4-2-19(3-5-20)25-31-26(33-17-22-6-7-23(18-33)40-22)24-16-30-35(27(24)32-25)21-8-11-29(12-9-21)10-1-15-39-29/h2-5,16,21-23,36H,1,6-15,17-18H2,(H,37,38). The van der Waals surface area contributed by atoms with Crippen LogP contribution in [0.2, 0.25) is 0 Å². The van der Waals surface area contributed by atoms with Crippen molar-refractivity contribution in [1.82, 2.24) is 19.7 Å². The normalized spacial score (nSPS) is 28.0. The zero-order chi connectivity index (χ0) is 27.3. The number of aliphatic hydroxyl groups is 1. The van der Waals surface area contributed by atoms with E-state index in [-0.39, 0.29) is 37.0 Å². The molecule has 11 nitrogen and oxygen atoms in total. The van der Waals surface area contributed by atoms with Crippen molar-refractivity contribution in [3.8, 4) is 11.4 Å². The maximum Gasteiger partial charge on any atom is 0.411 e. The highest BCUT2D eigenvalue weighted by atomic mass is 16.5. The molecule has 212 valence electrons. The molecular weight excluding hydrogens is 512 g/mol. The van der Waals surface area contributed by atoms with Crippen LogP contribution >= 0.6 is 0 Å². The Morgan fingerprint density at radius 1 is 1.05 bits per heavy atom. The summed E-state index contributed by atoms with van der Waals surface area (Å²) in [7, 11) is 0. The number of morpholine rings is 1. The molecule has 2 atom stereocenters. The number of carbonyl (C=O) groups is 1. The second-order valence-corrected chi connectivity index (χ2v) is 11.6. The molecule has 40 heavy (non-hydrogen) atoms. The van der Waals surface area contributed by atoms with Crippen LogP contribution in [0, 0.1) is 0 Å². The summed E-state index contributed by atoms with van der Waals surface area (Å²) in [6.07, 6.45) is 9.82.